The van der Waals surface area contributed by atoms with Crippen LogP contribution in [0.3, 0.4) is 0 Å². The van der Waals surface area contributed by atoms with Gasteiger partial charge in [-0.3, -0.25) is 4.68 Å². The maximum Gasteiger partial charge on any atom is 0.171 e. The fourth-order valence-corrected chi connectivity index (χ4v) is 1.39. The first-order chi connectivity index (χ1) is 7.66. The third kappa shape index (κ3) is 3.17. The molecule has 0 spiro atoms. The Hall–Kier alpha value is -1.62. The number of hydrogen-bond donors (Lipinski definition) is 2. The maximum atomic E-state index is 5.84. The highest BCUT2D eigenvalue weighted by Crippen LogP contribution is 2.18. The lowest BCUT2D eigenvalue weighted by atomic mass is 10.4. The van der Waals surface area contributed by atoms with E-state index >= 15 is 0 Å². The van der Waals surface area contributed by atoms with Gasteiger partial charge in [0, 0.05) is 6.04 Å². The number of furan rings is 1. The van der Waals surface area contributed by atoms with Gasteiger partial charge in [0.15, 0.2) is 5.82 Å². The molecule has 0 fully saturated rings. The molecule has 0 bridgehead atoms. The Morgan fingerprint density at radius 1 is 1.53 bits per heavy atom. The van der Waals surface area contributed by atoms with Crippen LogP contribution in [0.4, 0.5) is 11.5 Å². The van der Waals surface area contributed by atoms with Crippen LogP contribution in [0.15, 0.2) is 29.0 Å². The predicted molar refractivity (Wildman–Crippen MR) is 70.3 cm³/mol. The summed E-state index contributed by atoms with van der Waals surface area (Å²) in [4.78, 5) is 0. The van der Waals surface area contributed by atoms with Crippen molar-refractivity contribution in [1.29, 1.82) is 0 Å². The molecule has 0 saturated heterocycles. The number of aromatic nitrogens is 2. The van der Waals surface area contributed by atoms with Gasteiger partial charge in [0.25, 0.3) is 0 Å². The van der Waals surface area contributed by atoms with Gasteiger partial charge in [-0.1, -0.05) is 0 Å². The van der Waals surface area contributed by atoms with E-state index in [0.29, 0.717) is 24.1 Å². The van der Waals surface area contributed by atoms with Crippen molar-refractivity contribution in [2.45, 2.75) is 26.4 Å². The first-order valence-corrected chi connectivity index (χ1v) is 5.27. The van der Waals surface area contributed by atoms with Gasteiger partial charge in [-0.05, 0) is 26.0 Å². The first-order valence-electron chi connectivity index (χ1n) is 5.27. The molecule has 3 N–H and O–H groups in total. The zero-order valence-corrected chi connectivity index (χ0v) is 10.7. The van der Waals surface area contributed by atoms with Crippen LogP contribution in [0.25, 0.3) is 0 Å². The van der Waals surface area contributed by atoms with E-state index in [-0.39, 0.29) is 12.4 Å². The smallest absolute Gasteiger partial charge is 0.171 e. The molecule has 17 heavy (non-hydrogen) atoms. The number of anilines is 2. The number of nitrogens with zero attached hydrogens (tertiary/aromatic N) is 2. The zero-order chi connectivity index (χ0) is 11.5. The topological polar surface area (TPSA) is 69.0 Å². The highest BCUT2D eigenvalue weighted by atomic mass is 35.5. The van der Waals surface area contributed by atoms with E-state index in [2.05, 4.69) is 24.3 Å². The number of nitrogen functional groups attached to an aromatic ring is 1. The van der Waals surface area contributed by atoms with E-state index in [1.54, 1.807) is 6.26 Å². The molecule has 0 aliphatic carbocycles. The summed E-state index contributed by atoms with van der Waals surface area (Å²) in [6.45, 7) is 4.71. The van der Waals surface area contributed by atoms with E-state index in [0.717, 1.165) is 5.76 Å². The molecule has 0 aliphatic heterocycles. The molecule has 0 unspecified atom stereocenters. The molecule has 0 aromatic carbocycles. The average molecular weight is 257 g/mol. The molecule has 0 amide bonds. The Bertz CT molecular complexity index is 450. The molecule has 2 rings (SSSR count). The van der Waals surface area contributed by atoms with Crippen molar-refractivity contribution in [2.75, 3.05) is 11.1 Å². The summed E-state index contributed by atoms with van der Waals surface area (Å²) in [6.07, 6.45) is 3.47. The number of nitrogens with one attached hydrogen (secondary N) is 1. The molecule has 5 nitrogen and oxygen atoms in total. The molecular formula is C11H17ClN4O. The van der Waals surface area contributed by atoms with Crippen molar-refractivity contribution in [3.8, 4) is 0 Å². The summed E-state index contributed by atoms with van der Waals surface area (Å²) in [5.74, 6) is 1.56. The normalized spacial score (nSPS) is 10.3. The van der Waals surface area contributed by atoms with Crippen LogP contribution in [-0.2, 0) is 6.54 Å². The molecule has 2 heterocycles. The average Bonchev–Trinajstić information content (AvgIpc) is 2.84. The second kappa shape index (κ2) is 5.63. The molecular weight excluding hydrogens is 240 g/mol. The minimum absolute atomic E-state index is 0. The van der Waals surface area contributed by atoms with Gasteiger partial charge in [-0.15, -0.1) is 12.4 Å². The molecule has 2 aromatic rings. The second-order valence-electron chi connectivity index (χ2n) is 3.94. The van der Waals surface area contributed by atoms with E-state index in [1.807, 2.05) is 23.0 Å². The third-order valence-electron chi connectivity index (χ3n) is 2.30. The van der Waals surface area contributed by atoms with E-state index < -0.39 is 0 Å². The lowest BCUT2D eigenvalue weighted by Crippen LogP contribution is -2.04. The molecule has 2 aromatic heterocycles. The number of hydrogen-bond acceptors (Lipinski definition) is 4. The van der Waals surface area contributed by atoms with Gasteiger partial charge in [0.1, 0.15) is 5.76 Å². The Kier molecular flexibility index (Phi) is 4.45. The minimum atomic E-state index is 0. The number of halogens is 1. The van der Waals surface area contributed by atoms with Gasteiger partial charge < -0.3 is 15.5 Å². The lowest BCUT2D eigenvalue weighted by molar-refractivity contribution is 0.515. The standard InChI is InChI=1S/C11H16N4O.ClH/c1-8(2)15-7-10(12)11(14-15)13-6-9-4-3-5-16-9;/h3-5,7-8H,6,12H2,1-2H3,(H,13,14);1H. The summed E-state index contributed by atoms with van der Waals surface area (Å²) in [6, 6.07) is 4.07. The summed E-state index contributed by atoms with van der Waals surface area (Å²) in [5, 5.41) is 7.49. The second-order valence-corrected chi connectivity index (χ2v) is 3.94. The van der Waals surface area contributed by atoms with Crippen molar-refractivity contribution in [3.63, 3.8) is 0 Å². The van der Waals surface area contributed by atoms with E-state index in [4.69, 9.17) is 10.2 Å². The van der Waals surface area contributed by atoms with Crippen molar-refractivity contribution >= 4 is 23.9 Å². The van der Waals surface area contributed by atoms with Crippen LogP contribution in [0.2, 0.25) is 0 Å². The largest absolute Gasteiger partial charge is 0.467 e. The number of rotatable bonds is 4. The fourth-order valence-electron chi connectivity index (χ4n) is 1.39. The first kappa shape index (κ1) is 13.4. The third-order valence-corrected chi connectivity index (χ3v) is 2.30. The van der Waals surface area contributed by atoms with Gasteiger partial charge in [-0.25, -0.2) is 0 Å². The summed E-state index contributed by atoms with van der Waals surface area (Å²) < 4.78 is 7.04. The van der Waals surface area contributed by atoms with Crippen LogP contribution in [0.5, 0.6) is 0 Å². The monoisotopic (exact) mass is 256 g/mol. The number of nitrogens with two attached hydrogens (primary N) is 1. The minimum Gasteiger partial charge on any atom is -0.467 e. The molecule has 0 aliphatic rings. The highest BCUT2D eigenvalue weighted by molar-refractivity contribution is 5.85. The predicted octanol–water partition coefficient (Wildman–Crippen LogP) is 2.67. The molecule has 0 saturated carbocycles. The molecule has 94 valence electrons. The SMILES string of the molecule is CC(C)n1cc(N)c(NCc2ccco2)n1.Cl. The van der Waals surface area contributed by atoms with Crippen molar-refractivity contribution in [1.82, 2.24) is 9.78 Å². The van der Waals surface area contributed by atoms with Gasteiger partial charge >= 0.3 is 0 Å². The Morgan fingerprint density at radius 3 is 2.82 bits per heavy atom. The summed E-state index contributed by atoms with van der Waals surface area (Å²) in [5.41, 5.74) is 6.50. The molecule has 0 atom stereocenters. The van der Waals surface area contributed by atoms with E-state index in [9.17, 15) is 0 Å². The van der Waals surface area contributed by atoms with Crippen molar-refractivity contribution in [2.24, 2.45) is 0 Å². The van der Waals surface area contributed by atoms with Crippen molar-refractivity contribution < 1.29 is 4.42 Å². The summed E-state index contributed by atoms with van der Waals surface area (Å²) in [7, 11) is 0. The van der Waals surface area contributed by atoms with Crippen LogP contribution in [-0.4, -0.2) is 9.78 Å². The van der Waals surface area contributed by atoms with Crippen LogP contribution < -0.4 is 11.1 Å². The molecule has 6 heteroatoms. The van der Waals surface area contributed by atoms with E-state index in [1.165, 1.54) is 0 Å². The van der Waals surface area contributed by atoms with Crippen LogP contribution in [0, 0.1) is 0 Å². The Labute approximate surface area is 106 Å². The van der Waals surface area contributed by atoms with Crippen molar-refractivity contribution in [3.05, 3.63) is 30.4 Å². The Balaban J connectivity index is 0.00000144. The lowest BCUT2D eigenvalue weighted by Gasteiger charge is -2.04. The van der Waals surface area contributed by atoms with Crippen LogP contribution in [0.1, 0.15) is 25.6 Å². The van der Waals surface area contributed by atoms with Crippen LogP contribution >= 0.6 is 12.4 Å². The fraction of sp³-hybridized carbons (Fsp3) is 0.364. The Morgan fingerprint density at radius 2 is 2.29 bits per heavy atom. The molecule has 0 radical (unpaired) electrons. The highest BCUT2D eigenvalue weighted by Gasteiger charge is 2.07. The van der Waals surface area contributed by atoms with Gasteiger partial charge in [0.2, 0.25) is 0 Å². The van der Waals surface area contributed by atoms with Gasteiger partial charge in [0.05, 0.1) is 24.7 Å². The maximum absolute atomic E-state index is 5.84. The summed E-state index contributed by atoms with van der Waals surface area (Å²) >= 11 is 0. The quantitative estimate of drug-likeness (QED) is 0.882. The van der Waals surface area contributed by atoms with Gasteiger partial charge in [-0.2, -0.15) is 5.10 Å². The zero-order valence-electron chi connectivity index (χ0n) is 9.88.